The lowest BCUT2D eigenvalue weighted by Gasteiger charge is -2.28. The van der Waals surface area contributed by atoms with Gasteiger partial charge in [-0.2, -0.15) is 0 Å². The molecule has 0 aliphatic heterocycles. The summed E-state index contributed by atoms with van der Waals surface area (Å²) >= 11 is 0. The van der Waals surface area contributed by atoms with Gasteiger partial charge in [-0.1, -0.05) is 56.9 Å². The van der Waals surface area contributed by atoms with Crippen molar-refractivity contribution in [1.82, 2.24) is 0 Å². The fourth-order valence-corrected chi connectivity index (χ4v) is 3.81. The monoisotopic (exact) mass is 344 g/mol. The lowest BCUT2D eigenvalue weighted by atomic mass is 9.80. The summed E-state index contributed by atoms with van der Waals surface area (Å²) in [4.78, 5) is 0. The summed E-state index contributed by atoms with van der Waals surface area (Å²) in [6.07, 6.45) is 7.39. The fraction of sp³-hybridized carbons (Fsp3) is 0.455. The highest BCUT2D eigenvalue weighted by atomic mass is 19.1. The number of ether oxygens (including phenoxy) is 1. The topological polar surface area (TPSA) is 9.23 Å². The molecule has 0 amide bonds. The normalized spacial score (nSPS) is 20.4. The molecule has 1 aliphatic carbocycles. The van der Waals surface area contributed by atoms with Gasteiger partial charge in [0, 0.05) is 5.56 Å². The van der Waals surface area contributed by atoms with Crippen LogP contribution in [0.1, 0.15) is 45.4 Å². The lowest BCUT2D eigenvalue weighted by molar-refractivity contribution is 0.175. The Morgan fingerprint density at radius 2 is 1.60 bits per heavy atom. The number of hydrogen-bond acceptors (Lipinski definition) is 1. The minimum Gasteiger partial charge on any atom is -0.490 e. The standard InChI is InChI=1S/C22H26F2O/c1-2-4-16-7-9-17(10-8-16)15-25-22-20(5-3-6-21(22)24)18-11-13-19(23)14-12-18/h3,5-6,11-14,16-17H,2,4,7-10,15H2,1H3. The van der Waals surface area contributed by atoms with Gasteiger partial charge < -0.3 is 4.74 Å². The minimum absolute atomic E-state index is 0.282. The summed E-state index contributed by atoms with van der Waals surface area (Å²) in [7, 11) is 0. The summed E-state index contributed by atoms with van der Waals surface area (Å²) in [6, 6.07) is 11.0. The van der Waals surface area contributed by atoms with E-state index in [0.717, 1.165) is 24.3 Å². The summed E-state index contributed by atoms with van der Waals surface area (Å²) < 4.78 is 33.4. The molecule has 0 bridgehead atoms. The van der Waals surface area contributed by atoms with Crippen molar-refractivity contribution in [1.29, 1.82) is 0 Å². The molecule has 3 heteroatoms. The van der Waals surface area contributed by atoms with Gasteiger partial charge in [-0.05, 0) is 48.4 Å². The van der Waals surface area contributed by atoms with Gasteiger partial charge in [-0.3, -0.25) is 0 Å². The molecule has 0 aromatic heterocycles. The molecular formula is C22H26F2O. The van der Waals surface area contributed by atoms with Crippen molar-refractivity contribution in [2.24, 2.45) is 11.8 Å². The van der Waals surface area contributed by atoms with Crippen molar-refractivity contribution < 1.29 is 13.5 Å². The Hall–Kier alpha value is -1.90. The molecule has 1 saturated carbocycles. The van der Waals surface area contributed by atoms with Crippen LogP contribution in [-0.2, 0) is 0 Å². The number of benzene rings is 2. The first kappa shape index (κ1) is 17.9. The van der Waals surface area contributed by atoms with E-state index in [1.54, 1.807) is 18.2 Å². The van der Waals surface area contributed by atoms with Crippen molar-refractivity contribution in [2.45, 2.75) is 45.4 Å². The molecule has 0 saturated heterocycles. The second-order valence-electron chi connectivity index (χ2n) is 7.11. The maximum atomic E-state index is 14.3. The molecule has 1 nitrogen and oxygen atoms in total. The van der Waals surface area contributed by atoms with Crippen LogP contribution in [0.3, 0.4) is 0 Å². The van der Waals surface area contributed by atoms with Crippen LogP contribution in [0.4, 0.5) is 8.78 Å². The summed E-state index contributed by atoms with van der Waals surface area (Å²) in [5.74, 6) is 0.969. The van der Waals surface area contributed by atoms with Gasteiger partial charge in [0.25, 0.3) is 0 Å². The number of halogens is 2. The smallest absolute Gasteiger partial charge is 0.165 e. The minimum atomic E-state index is -0.360. The lowest BCUT2D eigenvalue weighted by Crippen LogP contribution is -2.20. The van der Waals surface area contributed by atoms with Crippen molar-refractivity contribution in [3.63, 3.8) is 0 Å². The first-order valence-electron chi connectivity index (χ1n) is 9.34. The van der Waals surface area contributed by atoms with Crippen LogP contribution < -0.4 is 4.74 Å². The highest BCUT2D eigenvalue weighted by Gasteiger charge is 2.22. The Labute approximate surface area is 149 Å². The Bertz CT molecular complexity index is 673. The van der Waals surface area contributed by atoms with Gasteiger partial charge in [0.1, 0.15) is 5.82 Å². The van der Waals surface area contributed by atoms with Crippen LogP contribution >= 0.6 is 0 Å². The molecule has 25 heavy (non-hydrogen) atoms. The van der Waals surface area contributed by atoms with Crippen LogP contribution in [-0.4, -0.2) is 6.61 Å². The Balaban J connectivity index is 1.67. The van der Waals surface area contributed by atoms with E-state index in [0.29, 0.717) is 18.1 Å². The van der Waals surface area contributed by atoms with Crippen molar-refractivity contribution >= 4 is 0 Å². The van der Waals surface area contributed by atoms with Gasteiger partial charge in [0.2, 0.25) is 0 Å². The zero-order chi connectivity index (χ0) is 17.6. The first-order chi connectivity index (χ1) is 12.2. The third-order valence-corrected chi connectivity index (χ3v) is 5.25. The predicted molar refractivity (Wildman–Crippen MR) is 97.6 cm³/mol. The maximum absolute atomic E-state index is 14.3. The number of rotatable bonds is 6. The zero-order valence-corrected chi connectivity index (χ0v) is 14.8. The van der Waals surface area contributed by atoms with Gasteiger partial charge in [-0.15, -0.1) is 0 Å². The van der Waals surface area contributed by atoms with Crippen molar-refractivity contribution in [3.05, 3.63) is 54.1 Å². The largest absolute Gasteiger partial charge is 0.490 e. The predicted octanol–water partition coefficient (Wildman–Crippen LogP) is 6.62. The molecule has 2 aromatic carbocycles. The molecule has 3 rings (SSSR count). The van der Waals surface area contributed by atoms with Crippen LogP contribution in [0.2, 0.25) is 0 Å². The molecule has 134 valence electrons. The second kappa shape index (κ2) is 8.46. The van der Waals surface area contributed by atoms with E-state index in [2.05, 4.69) is 6.92 Å². The Kier molecular flexibility index (Phi) is 6.06. The SMILES string of the molecule is CCCC1CCC(COc2c(F)cccc2-c2ccc(F)cc2)CC1. The fourth-order valence-electron chi connectivity index (χ4n) is 3.81. The van der Waals surface area contributed by atoms with E-state index in [1.807, 2.05) is 6.07 Å². The quantitative estimate of drug-likeness (QED) is 0.572. The average Bonchev–Trinajstić information content (AvgIpc) is 2.63. The summed E-state index contributed by atoms with van der Waals surface area (Å²) in [6.45, 7) is 2.79. The molecule has 0 heterocycles. The molecule has 0 N–H and O–H groups in total. The summed E-state index contributed by atoms with van der Waals surface area (Å²) in [5.41, 5.74) is 1.45. The van der Waals surface area contributed by atoms with Gasteiger partial charge >= 0.3 is 0 Å². The third-order valence-electron chi connectivity index (χ3n) is 5.25. The Morgan fingerprint density at radius 3 is 2.28 bits per heavy atom. The van der Waals surface area contributed by atoms with E-state index in [-0.39, 0.29) is 17.4 Å². The third kappa shape index (κ3) is 4.59. The Morgan fingerprint density at radius 1 is 0.920 bits per heavy atom. The van der Waals surface area contributed by atoms with Gasteiger partial charge in [0.15, 0.2) is 11.6 Å². The van der Waals surface area contributed by atoms with Crippen molar-refractivity contribution in [3.8, 4) is 16.9 Å². The van der Waals surface area contributed by atoms with E-state index < -0.39 is 0 Å². The van der Waals surface area contributed by atoms with Crippen LogP contribution in [0.5, 0.6) is 5.75 Å². The van der Waals surface area contributed by atoms with E-state index in [9.17, 15) is 8.78 Å². The molecule has 0 atom stereocenters. The molecule has 1 fully saturated rings. The van der Waals surface area contributed by atoms with E-state index in [4.69, 9.17) is 4.74 Å². The summed E-state index contributed by atoms with van der Waals surface area (Å²) in [5, 5.41) is 0. The average molecular weight is 344 g/mol. The van der Waals surface area contributed by atoms with E-state index >= 15 is 0 Å². The van der Waals surface area contributed by atoms with E-state index in [1.165, 1.54) is 43.9 Å². The molecule has 0 spiro atoms. The van der Waals surface area contributed by atoms with Crippen LogP contribution in [0, 0.1) is 23.5 Å². The first-order valence-corrected chi connectivity index (χ1v) is 9.34. The molecule has 0 unspecified atom stereocenters. The van der Waals surface area contributed by atoms with Crippen LogP contribution in [0.25, 0.3) is 11.1 Å². The number of hydrogen-bond donors (Lipinski definition) is 0. The van der Waals surface area contributed by atoms with Gasteiger partial charge in [-0.25, -0.2) is 8.78 Å². The highest BCUT2D eigenvalue weighted by molar-refractivity contribution is 5.70. The second-order valence-corrected chi connectivity index (χ2v) is 7.11. The van der Waals surface area contributed by atoms with Crippen LogP contribution in [0.15, 0.2) is 42.5 Å². The van der Waals surface area contributed by atoms with Gasteiger partial charge in [0.05, 0.1) is 6.61 Å². The number of para-hydroxylation sites is 1. The highest BCUT2D eigenvalue weighted by Crippen LogP contribution is 2.35. The molecule has 2 aromatic rings. The van der Waals surface area contributed by atoms with Crippen molar-refractivity contribution in [2.75, 3.05) is 6.61 Å². The maximum Gasteiger partial charge on any atom is 0.165 e. The molecular weight excluding hydrogens is 318 g/mol. The molecule has 1 aliphatic rings. The molecule has 0 radical (unpaired) electrons. The zero-order valence-electron chi connectivity index (χ0n) is 14.8.